The van der Waals surface area contributed by atoms with Gasteiger partial charge in [0.15, 0.2) is 0 Å². The zero-order chi connectivity index (χ0) is 13.0. The van der Waals surface area contributed by atoms with E-state index in [0.717, 1.165) is 12.8 Å². The fourth-order valence-electron chi connectivity index (χ4n) is 1.71. The Bertz CT molecular complexity index is 337. The van der Waals surface area contributed by atoms with Gasteiger partial charge < -0.3 is 5.73 Å². The Balaban J connectivity index is 4.87. The van der Waals surface area contributed by atoms with Crippen LogP contribution in [-0.4, -0.2) is 24.2 Å². The molecule has 0 aromatic heterocycles. The average molecular weight is 266 g/mol. The summed E-state index contributed by atoms with van der Waals surface area (Å²) in [5.41, 5.74) is 4.99. The second-order valence-corrected chi connectivity index (χ2v) is 6.91. The van der Waals surface area contributed by atoms with E-state index in [9.17, 15) is 8.42 Å². The third kappa shape index (κ3) is 4.76. The number of nitrogens with one attached hydrogen (secondary N) is 1. The molecule has 0 saturated carbocycles. The molecule has 6 heteroatoms. The molecule has 0 fully saturated rings. The van der Waals surface area contributed by atoms with Gasteiger partial charge in [0.1, 0.15) is 5.25 Å². The van der Waals surface area contributed by atoms with Gasteiger partial charge in [-0.25, -0.2) is 13.1 Å². The highest BCUT2D eigenvalue weighted by Crippen LogP contribution is 2.15. The lowest BCUT2D eigenvalue weighted by atomic mass is 10.0. The van der Waals surface area contributed by atoms with E-state index < -0.39 is 20.8 Å². The summed E-state index contributed by atoms with van der Waals surface area (Å²) < 4.78 is 26.7. The van der Waals surface area contributed by atoms with Crippen molar-refractivity contribution in [1.29, 1.82) is 0 Å². The Morgan fingerprint density at radius 1 is 1.44 bits per heavy atom. The molecule has 0 aliphatic rings. The van der Waals surface area contributed by atoms with Crippen molar-refractivity contribution < 1.29 is 8.42 Å². The second kappa shape index (κ2) is 5.93. The summed E-state index contributed by atoms with van der Waals surface area (Å²) >= 11 is 4.78. The highest BCUT2D eigenvalue weighted by Gasteiger charge is 2.31. The van der Waals surface area contributed by atoms with E-state index in [4.69, 9.17) is 18.0 Å². The molecular weight excluding hydrogens is 244 g/mol. The summed E-state index contributed by atoms with van der Waals surface area (Å²) in [4.78, 5) is 0.0299. The maximum Gasteiger partial charge on any atom is 0.221 e. The molecule has 0 heterocycles. The number of hydrogen-bond donors (Lipinski definition) is 2. The van der Waals surface area contributed by atoms with Crippen LogP contribution in [0.25, 0.3) is 0 Å². The standard InChI is InChI=1S/C10H22N2O2S2/c1-5-7-10(3,4)12-16(13,14)8(6-2)9(11)15/h8,12H,5-7H2,1-4H3,(H2,11,15). The molecule has 0 aromatic carbocycles. The van der Waals surface area contributed by atoms with E-state index in [1.54, 1.807) is 6.92 Å². The monoisotopic (exact) mass is 266 g/mol. The van der Waals surface area contributed by atoms with Crippen LogP contribution in [0.3, 0.4) is 0 Å². The molecule has 1 atom stereocenters. The predicted molar refractivity (Wildman–Crippen MR) is 71.9 cm³/mol. The maximum atomic E-state index is 12.0. The number of hydrogen-bond acceptors (Lipinski definition) is 3. The molecule has 0 rings (SSSR count). The predicted octanol–water partition coefficient (Wildman–Crippen LogP) is 1.55. The lowest BCUT2D eigenvalue weighted by Crippen LogP contribution is -2.50. The Morgan fingerprint density at radius 3 is 2.25 bits per heavy atom. The maximum absolute atomic E-state index is 12.0. The van der Waals surface area contributed by atoms with Crippen molar-refractivity contribution in [2.24, 2.45) is 5.73 Å². The van der Waals surface area contributed by atoms with Crippen LogP contribution in [0.15, 0.2) is 0 Å². The summed E-state index contributed by atoms with van der Waals surface area (Å²) in [6.45, 7) is 7.50. The Kier molecular flexibility index (Phi) is 5.86. The third-order valence-electron chi connectivity index (χ3n) is 2.36. The average Bonchev–Trinajstić information content (AvgIpc) is 1.99. The van der Waals surface area contributed by atoms with Gasteiger partial charge in [-0.2, -0.15) is 0 Å². The van der Waals surface area contributed by atoms with E-state index in [2.05, 4.69) is 4.72 Å². The van der Waals surface area contributed by atoms with Gasteiger partial charge in [-0.1, -0.05) is 32.5 Å². The van der Waals surface area contributed by atoms with Crippen LogP contribution < -0.4 is 10.5 Å². The van der Waals surface area contributed by atoms with E-state index in [-0.39, 0.29) is 4.99 Å². The Labute approximate surface area is 104 Å². The van der Waals surface area contributed by atoms with Gasteiger partial charge in [-0.05, 0) is 26.7 Å². The van der Waals surface area contributed by atoms with Crippen molar-refractivity contribution in [2.75, 3.05) is 0 Å². The number of thiocarbonyl (C=S) groups is 1. The molecule has 0 bridgehead atoms. The summed E-state index contributed by atoms with van der Waals surface area (Å²) in [5.74, 6) is 0. The molecule has 0 aliphatic carbocycles. The van der Waals surface area contributed by atoms with Gasteiger partial charge in [-0.3, -0.25) is 0 Å². The van der Waals surface area contributed by atoms with Gasteiger partial charge in [0.25, 0.3) is 0 Å². The van der Waals surface area contributed by atoms with Gasteiger partial charge in [0.2, 0.25) is 10.0 Å². The Hall–Kier alpha value is -0.200. The second-order valence-electron chi connectivity index (χ2n) is 4.58. The molecule has 16 heavy (non-hydrogen) atoms. The molecule has 0 amide bonds. The van der Waals surface area contributed by atoms with Crippen molar-refractivity contribution in [3.63, 3.8) is 0 Å². The van der Waals surface area contributed by atoms with Crippen LogP contribution in [0, 0.1) is 0 Å². The molecule has 96 valence electrons. The van der Waals surface area contributed by atoms with Crippen LogP contribution in [0.2, 0.25) is 0 Å². The van der Waals surface area contributed by atoms with Crippen molar-refractivity contribution in [3.8, 4) is 0 Å². The van der Waals surface area contributed by atoms with Crippen molar-refractivity contribution in [3.05, 3.63) is 0 Å². The van der Waals surface area contributed by atoms with Crippen LogP contribution in [-0.2, 0) is 10.0 Å². The van der Waals surface area contributed by atoms with E-state index in [1.165, 1.54) is 0 Å². The molecule has 1 unspecified atom stereocenters. The minimum absolute atomic E-state index is 0.0299. The first-order chi connectivity index (χ1) is 7.16. The third-order valence-corrected chi connectivity index (χ3v) is 4.96. The lowest BCUT2D eigenvalue weighted by Gasteiger charge is -2.28. The first kappa shape index (κ1) is 15.8. The van der Waals surface area contributed by atoms with Gasteiger partial charge in [-0.15, -0.1) is 0 Å². The van der Waals surface area contributed by atoms with Gasteiger partial charge in [0, 0.05) is 5.54 Å². The van der Waals surface area contributed by atoms with Crippen molar-refractivity contribution in [2.45, 2.75) is 57.7 Å². The highest BCUT2D eigenvalue weighted by molar-refractivity contribution is 7.93. The van der Waals surface area contributed by atoms with E-state index in [1.807, 2.05) is 20.8 Å². The van der Waals surface area contributed by atoms with Crippen molar-refractivity contribution >= 4 is 27.2 Å². The number of rotatable bonds is 7. The summed E-state index contributed by atoms with van der Waals surface area (Å²) in [7, 11) is -3.47. The summed E-state index contributed by atoms with van der Waals surface area (Å²) in [5, 5.41) is -0.779. The van der Waals surface area contributed by atoms with Crippen LogP contribution in [0.1, 0.15) is 47.0 Å². The zero-order valence-corrected chi connectivity index (χ0v) is 12.0. The molecule has 0 aromatic rings. The quantitative estimate of drug-likeness (QED) is 0.686. The molecule has 0 saturated heterocycles. The van der Waals surface area contributed by atoms with Crippen molar-refractivity contribution in [1.82, 2.24) is 4.72 Å². The van der Waals surface area contributed by atoms with E-state index in [0.29, 0.717) is 6.42 Å². The zero-order valence-electron chi connectivity index (χ0n) is 10.4. The SMILES string of the molecule is CCCC(C)(C)NS(=O)(=O)C(CC)C(N)=S. The fraction of sp³-hybridized carbons (Fsp3) is 0.900. The number of nitrogens with two attached hydrogens (primary N) is 1. The minimum atomic E-state index is -3.47. The number of sulfonamides is 1. The summed E-state index contributed by atoms with van der Waals surface area (Å²) in [6.07, 6.45) is 2.09. The normalized spacial score (nSPS) is 14.8. The molecule has 4 nitrogen and oxygen atoms in total. The van der Waals surface area contributed by atoms with Crippen LogP contribution in [0.5, 0.6) is 0 Å². The van der Waals surface area contributed by atoms with Crippen LogP contribution >= 0.6 is 12.2 Å². The minimum Gasteiger partial charge on any atom is -0.392 e. The molecule has 0 radical (unpaired) electrons. The first-order valence-electron chi connectivity index (χ1n) is 5.48. The molecule has 0 spiro atoms. The topological polar surface area (TPSA) is 72.2 Å². The molecule has 0 aliphatic heterocycles. The molecular formula is C10H22N2O2S2. The summed E-state index contributed by atoms with van der Waals surface area (Å²) in [6, 6.07) is 0. The first-order valence-corrected chi connectivity index (χ1v) is 7.44. The van der Waals surface area contributed by atoms with Crippen LogP contribution in [0.4, 0.5) is 0 Å². The van der Waals surface area contributed by atoms with Gasteiger partial charge in [0.05, 0.1) is 4.99 Å². The highest BCUT2D eigenvalue weighted by atomic mass is 32.2. The largest absolute Gasteiger partial charge is 0.392 e. The van der Waals surface area contributed by atoms with E-state index >= 15 is 0 Å². The Morgan fingerprint density at radius 2 is 1.94 bits per heavy atom. The van der Waals surface area contributed by atoms with Gasteiger partial charge >= 0.3 is 0 Å². The lowest BCUT2D eigenvalue weighted by molar-refractivity contribution is 0.416. The fourth-order valence-corrected chi connectivity index (χ4v) is 4.01. The smallest absolute Gasteiger partial charge is 0.221 e. The molecule has 3 N–H and O–H groups in total.